The predicted octanol–water partition coefficient (Wildman–Crippen LogP) is 5.06. The van der Waals surface area contributed by atoms with Crippen LogP contribution in [0.5, 0.6) is 0 Å². The average molecular weight is 313 g/mol. The highest BCUT2D eigenvalue weighted by molar-refractivity contribution is 7.25. The topological polar surface area (TPSA) is 38.7 Å². The summed E-state index contributed by atoms with van der Waals surface area (Å²) in [6, 6.07) is 16.6. The van der Waals surface area contributed by atoms with E-state index in [1.54, 1.807) is 17.5 Å². The number of rotatable bonds is 1. The fourth-order valence-corrected chi connectivity index (χ4v) is 3.99. The van der Waals surface area contributed by atoms with Crippen molar-refractivity contribution in [3.63, 3.8) is 0 Å². The first kappa shape index (κ1) is 12.7. The molecule has 0 saturated carbocycles. The van der Waals surface area contributed by atoms with Gasteiger partial charge in [-0.2, -0.15) is 0 Å². The van der Waals surface area contributed by atoms with E-state index in [0.29, 0.717) is 0 Å². The molecule has 0 unspecified atom stereocenters. The molecule has 0 amide bonds. The number of benzene rings is 1. The van der Waals surface area contributed by atoms with Crippen molar-refractivity contribution in [2.45, 2.75) is 0 Å². The molecule has 0 radical (unpaired) electrons. The van der Waals surface area contributed by atoms with Crippen LogP contribution in [0.3, 0.4) is 0 Å². The minimum absolute atomic E-state index is 0.901. The van der Waals surface area contributed by atoms with E-state index in [2.05, 4.69) is 46.4 Å². The lowest BCUT2D eigenvalue weighted by atomic mass is 10.1. The van der Waals surface area contributed by atoms with Crippen LogP contribution in [0.2, 0.25) is 0 Å². The lowest BCUT2D eigenvalue weighted by Crippen LogP contribution is -1.89. The second-order valence-corrected chi connectivity index (χ2v) is 6.48. The van der Waals surface area contributed by atoms with Crippen LogP contribution in [0.15, 0.2) is 67.1 Å². The van der Waals surface area contributed by atoms with E-state index in [4.69, 9.17) is 4.98 Å². The van der Waals surface area contributed by atoms with Crippen LogP contribution in [0.1, 0.15) is 0 Å². The normalized spacial score (nSPS) is 11.5. The Morgan fingerprint density at radius 2 is 1.74 bits per heavy atom. The van der Waals surface area contributed by atoms with Gasteiger partial charge < -0.3 is 0 Å². The van der Waals surface area contributed by atoms with Crippen LogP contribution in [0.4, 0.5) is 0 Å². The minimum Gasteiger partial charge on any atom is -0.264 e. The lowest BCUT2D eigenvalue weighted by molar-refractivity contribution is 1.29. The molecule has 1 aromatic carbocycles. The Bertz CT molecular complexity index is 1170. The summed E-state index contributed by atoms with van der Waals surface area (Å²) in [6.07, 6.45) is 5.47. The summed E-state index contributed by atoms with van der Waals surface area (Å²) >= 11 is 1.78. The van der Waals surface area contributed by atoms with E-state index in [1.165, 1.54) is 14.8 Å². The van der Waals surface area contributed by atoms with E-state index < -0.39 is 0 Å². The number of nitrogens with zero attached hydrogens (tertiary/aromatic N) is 3. The average Bonchev–Trinajstić information content (AvgIpc) is 2.99. The molecule has 23 heavy (non-hydrogen) atoms. The molecule has 4 heteroatoms. The molecule has 5 rings (SSSR count). The van der Waals surface area contributed by atoms with Crippen LogP contribution in [-0.4, -0.2) is 15.0 Å². The van der Waals surface area contributed by atoms with E-state index >= 15 is 0 Å². The Labute approximate surface area is 136 Å². The molecule has 3 nitrogen and oxygen atoms in total. The van der Waals surface area contributed by atoms with Crippen LogP contribution in [0, 0.1) is 0 Å². The van der Waals surface area contributed by atoms with Crippen molar-refractivity contribution in [3.05, 3.63) is 67.1 Å². The summed E-state index contributed by atoms with van der Waals surface area (Å²) in [5, 5.41) is 3.36. The summed E-state index contributed by atoms with van der Waals surface area (Å²) in [7, 11) is 0. The number of pyridine rings is 3. The highest BCUT2D eigenvalue weighted by Crippen LogP contribution is 2.34. The maximum absolute atomic E-state index is 4.91. The molecule has 0 aliphatic heterocycles. The highest BCUT2D eigenvalue weighted by atomic mass is 32.1. The first-order valence-corrected chi connectivity index (χ1v) is 8.19. The fraction of sp³-hybridized carbons (Fsp3) is 0. The zero-order chi connectivity index (χ0) is 15.2. The Balaban J connectivity index is 1.84. The zero-order valence-electron chi connectivity index (χ0n) is 12.1. The third-order valence-electron chi connectivity index (χ3n) is 4.03. The van der Waals surface area contributed by atoms with Gasteiger partial charge in [0.25, 0.3) is 0 Å². The zero-order valence-corrected chi connectivity index (χ0v) is 12.9. The van der Waals surface area contributed by atoms with Gasteiger partial charge in [-0.3, -0.25) is 9.97 Å². The smallest absolute Gasteiger partial charge is 0.0965 e. The standard InChI is InChI=1S/C19H11N3S/c1-2-4-16-14(3-1)19-17(23-16)6-5-15(22-19)18-13-8-9-20-11-12(13)7-10-21-18/h1-11H. The van der Waals surface area contributed by atoms with Gasteiger partial charge in [-0.25, -0.2) is 4.98 Å². The molecule has 4 aromatic heterocycles. The van der Waals surface area contributed by atoms with Crippen molar-refractivity contribution < 1.29 is 0 Å². The predicted molar refractivity (Wildman–Crippen MR) is 95.7 cm³/mol. The van der Waals surface area contributed by atoms with Gasteiger partial charge in [0, 0.05) is 39.4 Å². The van der Waals surface area contributed by atoms with Gasteiger partial charge in [-0.1, -0.05) is 18.2 Å². The van der Waals surface area contributed by atoms with Gasteiger partial charge in [0.1, 0.15) is 0 Å². The number of thiophene rings is 1. The van der Waals surface area contributed by atoms with Crippen molar-refractivity contribution in [1.82, 2.24) is 15.0 Å². The molecule has 5 aromatic rings. The van der Waals surface area contributed by atoms with Gasteiger partial charge in [-0.05, 0) is 30.3 Å². The Hall–Kier alpha value is -2.85. The van der Waals surface area contributed by atoms with Gasteiger partial charge >= 0.3 is 0 Å². The van der Waals surface area contributed by atoms with Crippen molar-refractivity contribution in [2.24, 2.45) is 0 Å². The second-order valence-electron chi connectivity index (χ2n) is 5.40. The molecule has 0 saturated heterocycles. The van der Waals surface area contributed by atoms with Crippen LogP contribution in [-0.2, 0) is 0 Å². The quantitative estimate of drug-likeness (QED) is 0.434. The molecule has 0 bridgehead atoms. The summed E-state index contributed by atoms with van der Waals surface area (Å²) in [5.74, 6) is 0. The van der Waals surface area contributed by atoms with E-state index in [0.717, 1.165) is 27.7 Å². The van der Waals surface area contributed by atoms with E-state index in [1.807, 2.05) is 24.5 Å². The monoisotopic (exact) mass is 313 g/mol. The third kappa shape index (κ3) is 1.92. The van der Waals surface area contributed by atoms with E-state index in [-0.39, 0.29) is 0 Å². The van der Waals surface area contributed by atoms with Crippen molar-refractivity contribution in [1.29, 1.82) is 0 Å². The van der Waals surface area contributed by atoms with Crippen LogP contribution < -0.4 is 0 Å². The van der Waals surface area contributed by atoms with E-state index in [9.17, 15) is 0 Å². The molecule has 4 heterocycles. The summed E-state index contributed by atoms with van der Waals surface area (Å²) in [5.41, 5.74) is 2.86. The SMILES string of the molecule is c1ccc2c(c1)sc1ccc(-c3nccc4cnccc34)nc12. The first-order chi connectivity index (χ1) is 11.4. The van der Waals surface area contributed by atoms with Crippen LogP contribution in [0.25, 0.3) is 42.5 Å². The molecule has 0 atom stereocenters. The third-order valence-corrected chi connectivity index (χ3v) is 5.15. The second kappa shape index (κ2) is 4.83. The molecule has 0 aliphatic rings. The summed E-state index contributed by atoms with van der Waals surface area (Å²) in [6.45, 7) is 0. The van der Waals surface area contributed by atoms with Crippen molar-refractivity contribution in [3.8, 4) is 11.4 Å². The van der Waals surface area contributed by atoms with Gasteiger partial charge in [0.15, 0.2) is 0 Å². The molecule has 0 N–H and O–H groups in total. The highest BCUT2D eigenvalue weighted by Gasteiger charge is 2.10. The minimum atomic E-state index is 0.901. The number of hydrogen-bond acceptors (Lipinski definition) is 4. The molecular formula is C19H11N3S. The Kier molecular flexibility index (Phi) is 2.66. The number of hydrogen-bond donors (Lipinski definition) is 0. The first-order valence-electron chi connectivity index (χ1n) is 7.37. The van der Waals surface area contributed by atoms with Gasteiger partial charge in [0.2, 0.25) is 0 Å². The molecule has 0 aliphatic carbocycles. The molecule has 0 fully saturated rings. The maximum Gasteiger partial charge on any atom is 0.0965 e. The molecule has 108 valence electrons. The lowest BCUT2D eigenvalue weighted by Gasteiger charge is -2.05. The summed E-state index contributed by atoms with van der Waals surface area (Å²) in [4.78, 5) is 13.7. The summed E-state index contributed by atoms with van der Waals surface area (Å²) < 4.78 is 2.47. The number of fused-ring (bicyclic) bond motifs is 4. The fourth-order valence-electron chi connectivity index (χ4n) is 2.94. The number of aromatic nitrogens is 3. The molecular weight excluding hydrogens is 302 g/mol. The van der Waals surface area contributed by atoms with Gasteiger partial charge in [-0.15, -0.1) is 11.3 Å². The van der Waals surface area contributed by atoms with Crippen LogP contribution >= 0.6 is 11.3 Å². The Morgan fingerprint density at radius 3 is 2.74 bits per heavy atom. The molecule has 0 spiro atoms. The van der Waals surface area contributed by atoms with Crippen molar-refractivity contribution >= 4 is 42.4 Å². The van der Waals surface area contributed by atoms with Gasteiger partial charge in [0.05, 0.1) is 21.6 Å². The Morgan fingerprint density at radius 1 is 0.783 bits per heavy atom. The maximum atomic E-state index is 4.91. The largest absolute Gasteiger partial charge is 0.264 e. The van der Waals surface area contributed by atoms with Crippen molar-refractivity contribution in [2.75, 3.05) is 0 Å².